The zero-order valence-electron chi connectivity index (χ0n) is 12.1. The number of carboxylic acid groups (broad SMARTS) is 1. The second-order valence-corrected chi connectivity index (χ2v) is 5.55. The van der Waals surface area contributed by atoms with E-state index in [4.69, 9.17) is 5.11 Å². The number of nitrogens with zero attached hydrogens (tertiary/aromatic N) is 1. The SMILES string of the molecule is CCCC1CCN(Cc2ccccc2/C=C/C(=O)O)C1. The van der Waals surface area contributed by atoms with Gasteiger partial charge in [0.05, 0.1) is 0 Å². The van der Waals surface area contributed by atoms with Crippen LogP contribution in [0.25, 0.3) is 6.08 Å². The van der Waals surface area contributed by atoms with Crippen LogP contribution in [0.3, 0.4) is 0 Å². The van der Waals surface area contributed by atoms with E-state index in [0.29, 0.717) is 0 Å². The molecule has 1 aliphatic heterocycles. The molecular weight excluding hydrogens is 250 g/mol. The van der Waals surface area contributed by atoms with Crippen LogP contribution in [-0.4, -0.2) is 29.1 Å². The molecule has 0 aromatic heterocycles. The highest BCUT2D eigenvalue weighted by atomic mass is 16.4. The van der Waals surface area contributed by atoms with Crippen molar-refractivity contribution >= 4 is 12.0 Å². The minimum Gasteiger partial charge on any atom is -0.478 e. The molecule has 1 fully saturated rings. The number of benzene rings is 1. The number of rotatable bonds is 6. The van der Waals surface area contributed by atoms with E-state index >= 15 is 0 Å². The van der Waals surface area contributed by atoms with Gasteiger partial charge in [-0.25, -0.2) is 4.79 Å². The van der Waals surface area contributed by atoms with Crippen molar-refractivity contribution in [1.29, 1.82) is 0 Å². The van der Waals surface area contributed by atoms with Crippen LogP contribution in [0.2, 0.25) is 0 Å². The largest absolute Gasteiger partial charge is 0.478 e. The van der Waals surface area contributed by atoms with Crippen molar-refractivity contribution in [2.45, 2.75) is 32.7 Å². The summed E-state index contributed by atoms with van der Waals surface area (Å²) < 4.78 is 0. The van der Waals surface area contributed by atoms with Gasteiger partial charge in [-0.15, -0.1) is 0 Å². The molecule has 0 saturated carbocycles. The first-order chi connectivity index (χ1) is 9.69. The molecule has 20 heavy (non-hydrogen) atoms. The van der Waals surface area contributed by atoms with Crippen molar-refractivity contribution in [3.05, 3.63) is 41.5 Å². The maximum atomic E-state index is 10.6. The summed E-state index contributed by atoms with van der Waals surface area (Å²) in [5, 5.41) is 8.75. The van der Waals surface area contributed by atoms with Gasteiger partial charge in [0.1, 0.15) is 0 Å². The van der Waals surface area contributed by atoms with Crippen LogP contribution >= 0.6 is 0 Å². The molecule has 0 bridgehead atoms. The van der Waals surface area contributed by atoms with E-state index in [1.807, 2.05) is 18.2 Å². The molecule has 108 valence electrons. The Morgan fingerprint density at radius 2 is 2.25 bits per heavy atom. The first kappa shape index (κ1) is 14.8. The highest BCUT2D eigenvalue weighted by molar-refractivity contribution is 5.85. The molecule has 0 radical (unpaired) electrons. The first-order valence-electron chi connectivity index (χ1n) is 7.40. The molecule has 1 saturated heterocycles. The Balaban J connectivity index is 2.01. The van der Waals surface area contributed by atoms with Crippen LogP contribution in [0.1, 0.15) is 37.3 Å². The van der Waals surface area contributed by atoms with Crippen LogP contribution in [0.15, 0.2) is 30.3 Å². The topological polar surface area (TPSA) is 40.5 Å². The van der Waals surface area contributed by atoms with Gasteiger partial charge in [0, 0.05) is 19.2 Å². The Kier molecular flexibility index (Phi) is 5.36. The van der Waals surface area contributed by atoms with Gasteiger partial charge in [-0.3, -0.25) is 4.90 Å². The molecule has 1 aromatic rings. The molecule has 3 heteroatoms. The average Bonchev–Trinajstić information content (AvgIpc) is 2.85. The van der Waals surface area contributed by atoms with E-state index in [1.54, 1.807) is 6.08 Å². The normalized spacial score (nSPS) is 19.8. The van der Waals surface area contributed by atoms with Crippen LogP contribution in [0.5, 0.6) is 0 Å². The maximum Gasteiger partial charge on any atom is 0.328 e. The van der Waals surface area contributed by atoms with Crippen molar-refractivity contribution in [2.24, 2.45) is 5.92 Å². The molecule has 0 spiro atoms. The van der Waals surface area contributed by atoms with E-state index in [1.165, 1.54) is 37.4 Å². The summed E-state index contributed by atoms with van der Waals surface area (Å²) in [6.07, 6.45) is 6.77. The van der Waals surface area contributed by atoms with Crippen molar-refractivity contribution < 1.29 is 9.90 Å². The second kappa shape index (κ2) is 7.25. The Morgan fingerprint density at radius 3 is 3.00 bits per heavy atom. The zero-order valence-corrected chi connectivity index (χ0v) is 12.1. The predicted octanol–water partition coefficient (Wildman–Crippen LogP) is 3.41. The standard InChI is InChI=1S/C17H23NO2/c1-2-5-14-10-11-18(12-14)13-16-7-4-3-6-15(16)8-9-17(19)20/h3-4,6-9,14H,2,5,10-13H2,1H3,(H,19,20)/b9-8+. The lowest BCUT2D eigenvalue weighted by Gasteiger charge is -2.17. The van der Waals surface area contributed by atoms with Crippen molar-refractivity contribution in [2.75, 3.05) is 13.1 Å². The van der Waals surface area contributed by atoms with Crippen molar-refractivity contribution in [1.82, 2.24) is 4.90 Å². The van der Waals surface area contributed by atoms with Gasteiger partial charge in [0.2, 0.25) is 0 Å². The number of likely N-dealkylation sites (tertiary alicyclic amines) is 1. The van der Waals surface area contributed by atoms with E-state index < -0.39 is 5.97 Å². The monoisotopic (exact) mass is 273 g/mol. The molecule has 1 N–H and O–H groups in total. The Labute approximate surface area is 120 Å². The number of hydrogen-bond donors (Lipinski definition) is 1. The lowest BCUT2D eigenvalue weighted by atomic mass is 10.0. The summed E-state index contributed by atoms with van der Waals surface area (Å²) >= 11 is 0. The molecule has 0 amide bonds. The fourth-order valence-electron chi connectivity index (χ4n) is 2.94. The molecule has 1 unspecified atom stereocenters. The van der Waals surface area contributed by atoms with E-state index in [0.717, 1.165) is 24.6 Å². The van der Waals surface area contributed by atoms with Gasteiger partial charge in [-0.1, -0.05) is 37.6 Å². The molecular formula is C17H23NO2. The number of carbonyl (C=O) groups is 1. The molecule has 0 aliphatic carbocycles. The lowest BCUT2D eigenvalue weighted by molar-refractivity contribution is -0.131. The van der Waals surface area contributed by atoms with E-state index in [2.05, 4.69) is 17.9 Å². The number of aliphatic carboxylic acids is 1. The second-order valence-electron chi connectivity index (χ2n) is 5.55. The summed E-state index contributed by atoms with van der Waals surface area (Å²) in [7, 11) is 0. The summed E-state index contributed by atoms with van der Waals surface area (Å²) in [4.78, 5) is 13.1. The van der Waals surface area contributed by atoms with Crippen LogP contribution in [0, 0.1) is 5.92 Å². The maximum absolute atomic E-state index is 10.6. The quantitative estimate of drug-likeness (QED) is 0.807. The molecule has 1 heterocycles. The molecule has 3 nitrogen and oxygen atoms in total. The third-order valence-corrected chi connectivity index (χ3v) is 3.92. The third-order valence-electron chi connectivity index (χ3n) is 3.92. The average molecular weight is 273 g/mol. The molecule has 1 aliphatic rings. The van der Waals surface area contributed by atoms with E-state index in [9.17, 15) is 4.79 Å². The van der Waals surface area contributed by atoms with Gasteiger partial charge in [0.15, 0.2) is 0 Å². The summed E-state index contributed by atoms with van der Waals surface area (Å²) in [6.45, 7) is 5.49. The van der Waals surface area contributed by atoms with Crippen molar-refractivity contribution in [3.8, 4) is 0 Å². The fraction of sp³-hybridized carbons (Fsp3) is 0.471. The van der Waals surface area contributed by atoms with Crippen LogP contribution < -0.4 is 0 Å². The third kappa shape index (κ3) is 4.20. The Morgan fingerprint density at radius 1 is 1.45 bits per heavy atom. The number of hydrogen-bond acceptors (Lipinski definition) is 2. The van der Waals surface area contributed by atoms with Gasteiger partial charge < -0.3 is 5.11 Å². The first-order valence-corrected chi connectivity index (χ1v) is 7.40. The minimum atomic E-state index is -0.899. The molecule has 1 atom stereocenters. The Hall–Kier alpha value is -1.61. The summed E-state index contributed by atoms with van der Waals surface area (Å²) in [5.74, 6) is -0.0642. The van der Waals surface area contributed by atoms with Crippen molar-refractivity contribution in [3.63, 3.8) is 0 Å². The van der Waals surface area contributed by atoms with E-state index in [-0.39, 0.29) is 0 Å². The highest BCUT2D eigenvalue weighted by Gasteiger charge is 2.21. The molecule has 1 aromatic carbocycles. The smallest absolute Gasteiger partial charge is 0.328 e. The van der Waals surface area contributed by atoms with Crippen LogP contribution in [0.4, 0.5) is 0 Å². The zero-order chi connectivity index (χ0) is 14.4. The molecule has 2 rings (SSSR count). The minimum absolute atomic E-state index is 0.835. The number of carboxylic acids is 1. The van der Waals surface area contributed by atoms with Crippen LogP contribution in [-0.2, 0) is 11.3 Å². The summed E-state index contributed by atoms with van der Waals surface area (Å²) in [5.41, 5.74) is 2.22. The lowest BCUT2D eigenvalue weighted by Crippen LogP contribution is -2.20. The fourth-order valence-corrected chi connectivity index (χ4v) is 2.94. The highest BCUT2D eigenvalue weighted by Crippen LogP contribution is 2.23. The summed E-state index contributed by atoms with van der Waals surface area (Å²) in [6, 6.07) is 8.05. The predicted molar refractivity (Wildman–Crippen MR) is 81.4 cm³/mol. The Bertz CT molecular complexity index is 482. The van der Waals surface area contributed by atoms with Gasteiger partial charge in [0.25, 0.3) is 0 Å². The van der Waals surface area contributed by atoms with Gasteiger partial charge in [-0.2, -0.15) is 0 Å². The van der Waals surface area contributed by atoms with Gasteiger partial charge in [-0.05, 0) is 42.5 Å². The van der Waals surface area contributed by atoms with Gasteiger partial charge >= 0.3 is 5.97 Å².